The molecule has 0 radical (unpaired) electrons. The highest BCUT2D eigenvalue weighted by Crippen LogP contribution is 2.22. The number of benzene rings is 1. The minimum Gasteiger partial charge on any atom is -0.428 e. The number of azide groups is 1. The van der Waals surface area contributed by atoms with Crippen molar-refractivity contribution in [3.05, 3.63) is 39.8 Å². The van der Waals surface area contributed by atoms with Gasteiger partial charge in [-0.3, -0.25) is 19.2 Å². The highest BCUT2D eigenvalue weighted by Gasteiger charge is 2.34. The number of sulfone groups is 1. The topological polar surface area (TPSA) is 210 Å². The van der Waals surface area contributed by atoms with Crippen LogP contribution in [-0.4, -0.2) is 109 Å². The summed E-state index contributed by atoms with van der Waals surface area (Å²) in [6.07, 6.45) is -1.76. The number of ketones is 1. The molecule has 1 saturated heterocycles. The number of rotatable bonds is 23. The highest BCUT2D eigenvalue weighted by atomic mass is 32.2. The Bertz CT molecular complexity index is 1280. The Kier molecular flexibility index (Phi) is 17.1. The number of hydroxylamine groups is 2. The van der Waals surface area contributed by atoms with Crippen LogP contribution in [0.2, 0.25) is 0 Å². The van der Waals surface area contributed by atoms with Crippen LogP contribution in [0.3, 0.4) is 0 Å². The monoisotopic (exact) mass is 656 g/mol. The Morgan fingerprint density at radius 3 is 2.27 bits per heavy atom. The van der Waals surface area contributed by atoms with E-state index in [1.807, 2.05) is 0 Å². The van der Waals surface area contributed by atoms with Gasteiger partial charge in [0.2, 0.25) is 0 Å². The van der Waals surface area contributed by atoms with Crippen LogP contribution in [-0.2, 0) is 47.9 Å². The zero-order chi connectivity index (χ0) is 33.1. The van der Waals surface area contributed by atoms with Gasteiger partial charge in [-0.15, -0.1) is 0 Å². The highest BCUT2D eigenvalue weighted by molar-refractivity contribution is 7.91. The molecule has 45 heavy (non-hydrogen) atoms. The normalized spacial score (nSPS) is 13.9. The number of aryl methyl sites for hydroxylation is 1. The van der Waals surface area contributed by atoms with E-state index in [-0.39, 0.29) is 55.1 Å². The molecule has 0 saturated carbocycles. The van der Waals surface area contributed by atoms with Crippen molar-refractivity contribution in [1.82, 2.24) is 5.06 Å². The van der Waals surface area contributed by atoms with Gasteiger partial charge in [-0.2, -0.15) is 0 Å². The first-order valence-electron chi connectivity index (χ1n) is 14.4. The predicted molar refractivity (Wildman–Crippen MR) is 157 cm³/mol. The second-order valence-electron chi connectivity index (χ2n) is 9.87. The van der Waals surface area contributed by atoms with E-state index in [1.165, 1.54) is 25.3 Å². The van der Waals surface area contributed by atoms with E-state index in [0.29, 0.717) is 63.1 Å². The molecule has 16 nitrogen and oxygen atoms in total. The third-order valence-corrected chi connectivity index (χ3v) is 8.20. The van der Waals surface area contributed by atoms with Crippen molar-refractivity contribution in [2.45, 2.75) is 56.4 Å². The van der Waals surface area contributed by atoms with Crippen LogP contribution in [0.15, 0.2) is 28.2 Å². The molecule has 0 aromatic heterocycles. The molecule has 0 spiro atoms. The van der Waals surface area contributed by atoms with Gasteiger partial charge in [0.05, 0.1) is 43.7 Å². The van der Waals surface area contributed by atoms with Crippen LogP contribution < -0.4 is 0 Å². The lowest BCUT2D eigenvalue weighted by Crippen LogP contribution is -2.35. The number of Topliss-reactive ketones (excluding diaryl/α,β-unsaturated/α-hetero) is 1. The van der Waals surface area contributed by atoms with Gasteiger partial charge in [-0.05, 0) is 49.4 Å². The summed E-state index contributed by atoms with van der Waals surface area (Å²) in [6, 6.07) is 4.22. The fraction of sp³-hybridized carbons (Fsp3) is 0.643. The third-order valence-electron chi connectivity index (χ3n) is 6.42. The van der Waals surface area contributed by atoms with E-state index in [9.17, 15) is 27.6 Å². The average molecular weight is 657 g/mol. The summed E-state index contributed by atoms with van der Waals surface area (Å²) < 4.78 is 52.9. The summed E-state index contributed by atoms with van der Waals surface area (Å²) in [5.41, 5.74) is 9.03. The van der Waals surface area contributed by atoms with Crippen molar-refractivity contribution < 1.29 is 56.1 Å². The van der Waals surface area contributed by atoms with Gasteiger partial charge < -0.3 is 23.7 Å². The Morgan fingerprint density at radius 1 is 0.978 bits per heavy atom. The third kappa shape index (κ3) is 13.9. The molecule has 1 fully saturated rings. The molecule has 0 N–H and O–H groups in total. The lowest BCUT2D eigenvalue weighted by molar-refractivity contribution is -0.178. The van der Waals surface area contributed by atoms with Gasteiger partial charge in [-0.25, -0.2) is 13.2 Å². The second kappa shape index (κ2) is 20.4. The number of carbonyl (C=O) groups excluding carboxylic acids is 4. The molecular formula is C28H40N4O12S. The van der Waals surface area contributed by atoms with Gasteiger partial charge in [0.1, 0.15) is 6.10 Å². The van der Waals surface area contributed by atoms with Crippen LogP contribution in [0.5, 0.6) is 0 Å². The van der Waals surface area contributed by atoms with Crippen molar-refractivity contribution >= 4 is 33.6 Å². The molecule has 0 bridgehead atoms. The zero-order valence-corrected chi connectivity index (χ0v) is 26.3. The second-order valence-corrected chi connectivity index (χ2v) is 11.9. The summed E-state index contributed by atoms with van der Waals surface area (Å²) in [4.78, 5) is 56.0. The first-order valence-corrected chi connectivity index (χ1v) is 16.1. The maximum absolute atomic E-state index is 13.3. The van der Waals surface area contributed by atoms with Gasteiger partial charge in [0, 0.05) is 56.6 Å². The van der Waals surface area contributed by atoms with Crippen LogP contribution in [0.4, 0.5) is 4.79 Å². The molecule has 1 aliphatic rings. The van der Waals surface area contributed by atoms with E-state index in [0.717, 1.165) is 0 Å². The van der Waals surface area contributed by atoms with E-state index in [2.05, 4.69) is 10.0 Å². The SMILES string of the molecule is COCCCC(CS(=O)(=O)c1ccc(C)c(C(=O)CCCOCCOCCOCCN=[N+]=[N-])c1)OC(=O)ON1C(=O)CCC1=O. The van der Waals surface area contributed by atoms with Crippen molar-refractivity contribution in [1.29, 1.82) is 0 Å². The molecule has 1 unspecified atom stereocenters. The average Bonchev–Trinajstić information content (AvgIpc) is 3.31. The quantitative estimate of drug-likeness (QED) is 0.0316. The molecule has 2 rings (SSSR count). The fourth-order valence-electron chi connectivity index (χ4n) is 4.12. The predicted octanol–water partition coefficient (Wildman–Crippen LogP) is 3.10. The van der Waals surface area contributed by atoms with Crippen molar-refractivity contribution in [2.24, 2.45) is 5.11 Å². The number of imide groups is 1. The van der Waals surface area contributed by atoms with Crippen LogP contribution in [0.1, 0.15) is 54.4 Å². The minimum atomic E-state index is -4.05. The first-order chi connectivity index (χ1) is 21.6. The fourth-order valence-corrected chi connectivity index (χ4v) is 5.61. The summed E-state index contributed by atoms with van der Waals surface area (Å²) in [7, 11) is -2.59. The van der Waals surface area contributed by atoms with Crippen molar-refractivity contribution in [2.75, 3.05) is 65.7 Å². The molecule has 17 heteroatoms. The van der Waals surface area contributed by atoms with Gasteiger partial charge in [0.25, 0.3) is 11.8 Å². The molecule has 1 aromatic carbocycles. The number of hydrogen-bond donors (Lipinski definition) is 0. The molecule has 1 atom stereocenters. The van der Waals surface area contributed by atoms with Crippen molar-refractivity contribution in [3.8, 4) is 0 Å². The number of ether oxygens (including phenoxy) is 5. The zero-order valence-electron chi connectivity index (χ0n) is 25.5. The number of amides is 2. The number of carbonyl (C=O) groups is 4. The Hall–Kier alpha value is -3.60. The summed E-state index contributed by atoms with van der Waals surface area (Å²) in [6.45, 7) is 4.25. The molecular weight excluding hydrogens is 616 g/mol. The Balaban J connectivity index is 1.87. The smallest absolute Gasteiger partial charge is 0.428 e. The minimum absolute atomic E-state index is 0.0966. The maximum atomic E-state index is 13.3. The van der Waals surface area contributed by atoms with E-state index in [4.69, 9.17) is 34.1 Å². The van der Waals surface area contributed by atoms with Crippen LogP contribution in [0, 0.1) is 6.92 Å². The van der Waals surface area contributed by atoms with Crippen molar-refractivity contribution in [3.63, 3.8) is 0 Å². The summed E-state index contributed by atoms with van der Waals surface area (Å²) in [5, 5.41) is 3.67. The molecule has 1 heterocycles. The first kappa shape index (κ1) is 37.6. The molecule has 1 aromatic rings. The maximum Gasteiger partial charge on any atom is 0.534 e. The molecule has 2 amide bonds. The molecule has 0 aliphatic carbocycles. The van der Waals surface area contributed by atoms with Gasteiger partial charge in [0.15, 0.2) is 15.6 Å². The van der Waals surface area contributed by atoms with E-state index < -0.39 is 39.7 Å². The Morgan fingerprint density at radius 2 is 1.62 bits per heavy atom. The van der Waals surface area contributed by atoms with Crippen LogP contribution in [0.25, 0.3) is 10.4 Å². The van der Waals surface area contributed by atoms with Gasteiger partial charge in [-0.1, -0.05) is 16.2 Å². The lowest BCUT2D eigenvalue weighted by Gasteiger charge is -2.19. The number of nitrogens with zero attached hydrogens (tertiary/aromatic N) is 4. The number of methoxy groups -OCH3 is 1. The summed E-state index contributed by atoms with van der Waals surface area (Å²) >= 11 is 0. The van der Waals surface area contributed by atoms with E-state index >= 15 is 0 Å². The van der Waals surface area contributed by atoms with E-state index in [1.54, 1.807) is 6.92 Å². The standard InChI is InChI=1S/C28H40N4O12S/c1-21-7-8-23(19-24(21)25(33)6-4-13-40-15-17-42-18-16-41-14-11-30-31-29)45(37,38)20-22(5-3-12-39-2)43-28(36)44-32-26(34)9-10-27(32)35/h7-8,19,22H,3-6,9-18,20H2,1-2H3. The van der Waals surface area contributed by atoms with Gasteiger partial charge >= 0.3 is 6.16 Å². The molecule has 1 aliphatic heterocycles. The number of hydrogen-bond acceptors (Lipinski definition) is 13. The summed E-state index contributed by atoms with van der Waals surface area (Å²) in [5.74, 6) is -2.27. The lowest BCUT2D eigenvalue weighted by atomic mass is 10.0. The largest absolute Gasteiger partial charge is 0.534 e. The molecule has 250 valence electrons. The van der Waals surface area contributed by atoms with Crippen LogP contribution >= 0.6 is 0 Å². The Labute approximate surface area is 261 Å².